The molecule has 25 heavy (non-hydrogen) atoms. The van der Waals surface area contributed by atoms with Gasteiger partial charge in [-0.1, -0.05) is 6.07 Å². The first-order valence-corrected chi connectivity index (χ1v) is 7.71. The van der Waals surface area contributed by atoms with Gasteiger partial charge in [-0.15, -0.1) is 12.4 Å². The number of nitrogens with one attached hydrogen (secondary N) is 1. The molecule has 6 heteroatoms. The molecule has 5 nitrogen and oxygen atoms in total. The Bertz CT molecular complexity index is 912. The number of pyridine rings is 1. The summed E-state index contributed by atoms with van der Waals surface area (Å²) in [6.45, 7) is 4.46. The van der Waals surface area contributed by atoms with Crippen molar-refractivity contribution in [3.63, 3.8) is 0 Å². The van der Waals surface area contributed by atoms with Gasteiger partial charge in [-0.05, 0) is 56.3 Å². The van der Waals surface area contributed by atoms with Crippen LogP contribution in [0.5, 0.6) is 5.75 Å². The molecule has 0 atom stereocenters. The lowest BCUT2D eigenvalue weighted by molar-refractivity contribution is 0.0697. The van der Waals surface area contributed by atoms with Crippen molar-refractivity contribution < 1.29 is 14.6 Å². The predicted molar refractivity (Wildman–Crippen MR) is 102 cm³/mol. The number of carboxylic acids is 1. The number of ether oxygens (including phenoxy) is 1. The van der Waals surface area contributed by atoms with E-state index >= 15 is 0 Å². The standard InChI is InChI=1S/C19H18N2O3.ClH/c1-3-24-15-7-8-17-16(11-15)18(9-12(2)20-17)21-14-6-4-5-13(10-14)19(22)23;/h4-11H,3H2,1-2H3,(H,20,21)(H,22,23);1H. The molecule has 0 bridgehead atoms. The van der Waals surface area contributed by atoms with Crippen LogP contribution in [-0.4, -0.2) is 22.7 Å². The highest BCUT2D eigenvalue weighted by molar-refractivity contribution is 5.95. The molecule has 0 saturated heterocycles. The van der Waals surface area contributed by atoms with E-state index in [1.807, 2.05) is 44.2 Å². The van der Waals surface area contributed by atoms with Crippen LogP contribution in [-0.2, 0) is 0 Å². The molecule has 3 rings (SSSR count). The van der Waals surface area contributed by atoms with Crippen molar-refractivity contribution in [2.45, 2.75) is 13.8 Å². The van der Waals surface area contributed by atoms with E-state index < -0.39 is 5.97 Å². The van der Waals surface area contributed by atoms with Gasteiger partial charge in [-0.2, -0.15) is 0 Å². The van der Waals surface area contributed by atoms with Crippen molar-refractivity contribution in [3.8, 4) is 5.75 Å². The molecule has 130 valence electrons. The number of anilines is 2. The lowest BCUT2D eigenvalue weighted by Crippen LogP contribution is -1.99. The van der Waals surface area contributed by atoms with Crippen LogP contribution in [0.1, 0.15) is 23.0 Å². The maximum Gasteiger partial charge on any atom is 0.335 e. The number of aromatic carboxylic acids is 1. The van der Waals surface area contributed by atoms with Crippen molar-refractivity contribution >= 4 is 40.7 Å². The van der Waals surface area contributed by atoms with Crippen LogP contribution < -0.4 is 10.1 Å². The molecule has 0 saturated carbocycles. The monoisotopic (exact) mass is 358 g/mol. The van der Waals surface area contributed by atoms with Crippen molar-refractivity contribution in [2.24, 2.45) is 0 Å². The van der Waals surface area contributed by atoms with Gasteiger partial charge in [0.1, 0.15) is 5.75 Å². The zero-order chi connectivity index (χ0) is 17.1. The first kappa shape index (κ1) is 18.5. The van der Waals surface area contributed by atoms with E-state index in [2.05, 4.69) is 10.3 Å². The van der Waals surface area contributed by atoms with Crippen LogP contribution >= 0.6 is 12.4 Å². The number of aryl methyl sites for hydroxylation is 1. The number of benzene rings is 2. The van der Waals surface area contributed by atoms with E-state index in [-0.39, 0.29) is 18.0 Å². The minimum atomic E-state index is -0.951. The van der Waals surface area contributed by atoms with Gasteiger partial charge in [0.2, 0.25) is 0 Å². The normalized spacial score (nSPS) is 10.2. The van der Waals surface area contributed by atoms with Gasteiger partial charge in [-0.25, -0.2) is 4.79 Å². The van der Waals surface area contributed by atoms with E-state index in [1.165, 1.54) is 0 Å². The number of hydrogen-bond donors (Lipinski definition) is 2. The molecule has 0 radical (unpaired) electrons. The Kier molecular flexibility index (Phi) is 5.83. The molecule has 0 spiro atoms. The van der Waals surface area contributed by atoms with Crippen LogP contribution in [0.4, 0.5) is 11.4 Å². The third-order valence-electron chi connectivity index (χ3n) is 3.61. The number of fused-ring (bicyclic) bond motifs is 1. The van der Waals surface area contributed by atoms with Crippen LogP contribution in [0.25, 0.3) is 10.9 Å². The van der Waals surface area contributed by atoms with E-state index in [9.17, 15) is 4.79 Å². The minimum absolute atomic E-state index is 0. The minimum Gasteiger partial charge on any atom is -0.494 e. The Balaban J connectivity index is 0.00000225. The van der Waals surface area contributed by atoms with Crippen LogP contribution in [0.3, 0.4) is 0 Å². The molecule has 2 aromatic carbocycles. The summed E-state index contributed by atoms with van der Waals surface area (Å²) in [6.07, 6.45) is 0. The van der Waals surface area contributed by atoms with Crippen LogP contribution in [0.2, 0.25) is 0 Å². The number of carboxylic acid groups (broad SMARTS) is 1. The lowest BCUT2D eigenvalue weighted by Gasteiger charge is -2.12. The Hall–Kier alpha value is -2.79. The summed E-state index contributed by atoms with van der Waals surface area (Å²) >= 11 is 0. The molecule has 0 aliphatic heterocycles. The SMILES string of the molecule is CCOc1ccc2nc(C)cc(Nc3cccc(C(=O)O)c3)c2c1.Cl. The van der Waals surface area contributed by atoms with Gasteiger partial charge in [-0.3, -0.25) is 4.98 Å². The lowest BCUT2D eigenvalue weighted by atomic mass is 10.1. The summed E-state index contributed by atoms with van der Waals surface area (Å²) in [5.41, 5.74) is 3.55. The Morgan fingerprint density at radius 3 is 2.72 bits per heavy atom. The molecule has 0 aliphatic carbocycles. The second-order valence-corrected chi connectivity index (χ2v) is 5.43. The molecule has 1 heterocycles. The van der Waals surface area contributed by atoms with E-state index in [4.69, 9.17) is 9.84 Å². The van der Waals surface area contributed by atoms with E-state index in [1.54, 1.807) is 18.2 Å². The number of aromatic nitrogens is 1. The third kappa shape index (κ3) is 4.19. The largest absolute Gasteiger partial charge is 0.494 e. The Labute approximate surface area is 152 Å². The van der Waals surface area contributed by atoms with Gasteiger partial charge in [0, 0.05) is 22.5 Å². The number of nitrogens with zero attached hydrogens (tertiary/aromatic N) is 1. The highest BCUT2D eigenvalue weighted by Crippen LogP contribution is 2.29. The molecule has 0 amide bonds. The first-order chi connectivity index (χ1) is 11.6. The molecule has 0 unspecified atom stereocenters. The van der Waals surface area contributed by atoms with Crippen molar-refractivity contribution in [1.82, 2.24) is 4.98 Å². The predicted octanol–water partition coefficient (Wildman–Crippen LogP) is 4.81. The van der Waals surface area contributed by atoms with Crippen molar-refractivity contribution in [1.29, 1.82) is 0 Å². The molecule has 1 aromatic heterocycles. The molecule has 2 N–H and O–H groups in total. The molecule has 0 aliphatic rings. The zero-order valence-corrected chi connectivity index (χ0v) is 14.8. The highest BCUT2D eigenvalue weighted by atomic mass is 35.5. The smallest absolute Gasteiger partial charge is 0.335 e. The Morgan fingerprint density at radius 2 is 2.00 bits per heavy atom. The molecule has 3 aromatic rings. The van der Waals surface area contributed by atoms with Gasteiger partial charge in [0.25, 0.3) is 0 Å². The second-order valence-electron chi connectivity index (χ2n) is 5.43. The van der Waals surface area contributed by atoms with Crippen LogP contribution in [0, 0.1) is 6.92 Å². The van der Waals surface area contributed by atoms with Gasteiger partial charge < -0.3 is 15.2 Å². The summed E-state index contributed by atoms with van der Waals surface area (Å²) in [5, 5.41) is 13.3. The topological polar surface area (TPSA) is 71.5 Å². The molecular formula is C19H19ClN2O3. The molecule has 0 fully saturated rings. The Morgan fingerprint density at radius 1 is 1.20 bits per heavy atom. The fourth-order valence-corrected chi connectivity index (χ4v) is 2.58. The van der Waals surface area contributed by atoms with Crippen molar-refractivity contribution in [2.75, 3.05) is 11.9 Å². The summed E-state index contributed by atoms with van der Waals surface area (Å²) < 4.78 is 5.57. The highest BCUT2D eigenvalue weighted by Gasteiger charge is 2.08. The average Bonchev–Trinajstić information content (AvgIpc) is 2.56. The van der Waals surface area contributed by atoms with Gasteiger partial charge in [0.05, 0.1) is 17.7 Å². The molecular weight excluding hydrogens is 340 g/mol. The second kappa shape index (κ2) is 7.85. The summed E-state index contributed by atoms with van der Waals surface area (Å²) in [5.74, 6) is -0.175. The zero-order valence-electron chi connectivity index (χ0n) is 13.9. The maximum atomic E-state index is 11.1. The number of rotatable bonds is 5. The fourth-order valence-electron chi connectivity index (χ4n) is 2.58. The van der Waals surface area contributed by atoms with Gasteiger partial charge in [0.15, 0.2) is 0 Å². The first-order valence-electron chi connectivity index (χ1n) is 7.71. The average molecular weight is 359 g/mol. The van der Waals surface area contributed by atoms with Gasteiger partial charge >= 0.3 is 5.97 Å². The number of carbonyl (C=O) groups is 1. The quantitative estimate of drug-likeness (QED) is 0.685. The van der Waals surface area contributed by atoms with Crippen molar-refractivity contribution in [3.05, 3.63) is 59.8 Å². The summed E-state index contributed by atoms with van der Waals surface area (Å²) in [4.78, 5) is 15.7. The fraction of sp³-hybridized carbons (Fsp3) is 0.158. The maximum absolute atomic E-state index is 11.1. The third-order valence-corrected chi connectivity index (χ3v) is 3.61. The summed E-state index contributed by atoms with van der Waals surface area (Å²) in [7, 11) is 0. The van der Waals surface area contributed by atoms with Crippen LogP contribution in [0.15, 0.2) is 48.5 Å². The number of hydrogen-bond acceptors (Lipinski definition) is 4. The number of halogens is 1. The van der Waals surface area contributed by atoms with E-state index in [0.29, 0.717) is 12.3 Å². The van der Waals surface area contributed by atoms with E-state index in [0.717, 1.165) is 28.0 Å². The summed E-state index contributed by atoms with van der Waals surface area (Å²) in [6, 6.07) is 14.4.